The summed E-state index contributed by atoms with van der Waals surface area (Å²) in [6.45, 7) is 0. The van der Waals surface area contributed by atoms with E-state index in [1.54, 1.807) is 5.38 Å². The van der Waals surface area contributed by atoms with Crippen LogP contribution in [0.25, 0.3) is 0 Å². The molecule has 0 aromatic carbocycles. The van der Waals surface area contributed by atoms with Gasteiger partial charge in [0.15, 0.2) is 5.13 Å². The molecule has 18 heavy (non-hydrogen) atoms. The minimum absolute atomic E-state index is 0.138. The van der Waals surface area contributed by atoms with Gasteiger partial charge in [0, 0.05) is 11.8 Å². The molecule has 2 rings (SSSR count). The quantitative estimate of drug-likeness (QED) is 0.712. The van der Waals surface area contributed by atoms with Gasteiger partial charge in [0.05, 0.1) is 12.1 Å². The first-order valence-electron chi connectivity index (χ1n) is 5.31. The Bertz CT molecular complexity index is 499. The Kier molecular flexibility index (Phi) is 3.56. The molecule has 0 aliphatic carbocycles. The number of hydrogen-bond donors (Lipinski definition) is 3. The van der Waals surface area contributed by atoms with Gasteiger partial charge in [0.1, 0.15) is 6.04 Å². The number of thiazole rings is 1. The smallest absolute Gasteiger partial charge is 0.309 e. The van der Waals surface area contributed by atoms with Gasteiger partial charge >= 0.3 is 5.97 Å². The third-order valence-electron chi connectivity index (χ3n) is 2.43. The van der Waals surface area contributed by atoms with Crippen LogP contribution in [0.1, 0.15) is 18.5 Å². The second-order valence-corrected chi connectivity index (χ2v) is 4.72. The molecule has 0 spiro atoms. The molecule has 2 heterocycles. The number of rotatable bonds is 4. The van der Waals surface area contributed by atoms with E-state index in [4.69, 9.17) is 5.11 Å². The van der Waals surface area contributed by atoms with Crippen LogP contribution < -0.4 is 10.6 Å². The molecule has 1 aliphatic rings. The molecule has 1 aromatic heterocycles. The SMILES string of the molecule is O=C(O)Cc1csc(NC(=O)[C@@H]2CCC(=O)N2)n1. The number of amides is 2. The van der Waals surface area contributed by atoms with Crippen LogP contribution in [0.2, 0.25) is 0 Å². The Morgan fingerprint density at radius 3 is 3.00 bits per heavy atom. The van der Waals surface area contributed by atoms with Gasteiger partial charge in [-0.25, -0.2) is 4.98 Å². The van der Waals surface area contributed by atoms with Gasteiger partial charge in [-0.1, -0.05) is 0 Å². The van der Waals surface area contributed by atoms with E-state index in [0.29, 0.717) is 23.7 Å². The van der Waals surface area contributed by atoms with Gasteiger partial charge in [-0.05, 0) is 6.42 Å². The van der Waals surface area contributed by atoms with Gasteiger partial charge in [0.25, 0.3) is 0 Å². The largest absolute Gasteiger partial charge is 0.481 e. The van der Waals surface area contributed by atoms with Crippen LogP contribution in [0.5, 0.6) is 0 Å². The van der Waals surface area contributed by atoms with Crippen molar-refractivity contribution in [2.45, 2.75) is 25.3 Å². The minimum Gasteiger partial charge on any atom is -0.481 e. The van der Waals surface area contributed by atoms with E-state index in [1.807, 2.05) is 0 Å². The van der Waals surface area contributed by atoms with Crippen LogP contribution in [-0.4, -0.2) is 33.9 Å². The first kappa shape index (κ1) is 12.5. The van der Waals surface area contributed by atoms with Crippen LogP contribution in [0.15, 0.2) is 5.38 Å². The molecule has 1 fully saturated rings. The molecule has 3 N–H and O–H groups in total. The molecule has 2 amide bonds. The van der Waals surface area contributed by atoms with E-state index in [-0.39, 0.29) is 18.2 Å². The van der Waals surface area contributed by atoms with E-state index in [0.717, 1.165) is 11.3 Å². The summed E-state index contributed by atoms with van der Waals surface area (Å²) in [5.41, 5.74) is 0.401. The second kappa shape index (κ2) is 5.13. The number of nitrogens with one attached hydrogen (secondary N) is 2. The highest BCUT2D eigenvalue weighted by molar-refractivity contribution is 7.13. The van der Waals surface area contributed by atoms with Crippen molar-refractivity contribution < 1.29 is 19.5 Å². The van der Waals surface area contributed by atoms with Crippen molar-refractivity contribution in [3.8, 4) is 0 Å². The Balaban J connectivity index is 1.93. The van der Waals surface area contributed by atoms with E-state index < -0.39 is 12.0 Å². The van der Waals surface area contributed by atoms with Gasteiger partial charge in [-0.2, -0.15) is 0 Å². The third kappa shape index (κ3) is 3.04. The van der Waals surface area contributed by atoms with Crippen LogP contribution in [0.4, 0.5) is 5.13 Å². The molecule has 1 atom stereocenters. The Morgan fingerprint density at radius 2 is 2.39 bits per heavy atom. The fourth-order valence-electron chi connectivity index (χ4n) is 1.60. The molecule has 96 valence electrons. The van der Waals surface area contributed by atoms with Crippen LogP contribution in [0, 0.1) is 0 Å². The zero-order valence-corrected chi connectivity index (χ0v) is 10.1. The molecule has 0 unspecified atom stereocenters. The van der Waals surface area contributed by atoms with Crippen molar-refractivity contribution in [1.82, 2.24) is 10.3 Å². The standard InChI is InChI=1S/C10H11N3O4S/c14-7-2-1-6(12-7)9(17)13-10-11-5(4-18-10)3-8(15)16/h4,6H,1-3H2,(H,12,14)(H,15,16)(H,11,13,17)/t6-/m0/s1. The minimum atomic E-state index is -0.971. The predicted octanol–water partition coefficient (Wildman–Crippen LogP) is -0.0127. The highest BCUT2D eigenvalue weighted by Crippen LogP contribution is 2.17. The third-order valence-corrected chi connectivity index (χ3v) is 3.23. The van der Waals surface area contributed by atoms with Gasteiger partial charge < -0.3 is 15.7 Å². The number of aliphatic carboxylic acids is 1. The number of carboxylic acid groups (broad SMARTS) is 1. The summed E-state index contributed by atoms with van der Waals surface area (Å²) in [5, 5.41) is 15.6. The van der Waals surface area contributed by atoms with Crippen molar-refractivity contribution in [2.75, 3.05) is 5.32 Å². The normalized spacial score (nSPS) is 18.4. The second-order valence-electron chi connectivity index (χ2n) is 3.86. The molecule has 1 aliphatic heterocycles. The van der Waals surface area contributed by atoms with Crippen LogP contribution in [0.3, 0.4) is 0 Å². The molecular weight excluding hydrogens is 258 g/mol. The van der Waals surface area contributed by atoms with Gasteiger partial charge in [0.2, 0.25) is 11.8 Å². The lowest BCUT2D eigenvalue weighted by molar-refractivity contribution is -0.136. The lowest BCUT2D eigenvalue weighted by atomic mass is 10.2. The molecule has 1 aromatic rings. The maximum atomic E-state index is 11.7. The zero-order valence-electron chi connectivity index (χ0n) is 9.30. The maximum Gasteiger partial charge on any atom is 0.309 e. The highest BCUT2D eigenvalue weighted by atomic mass is 32.1. The molecular formula is C10H11N3O4S. The first-order valence-corrected chi connectivity index (χ1v) is 6.19. The number of carbonyl (C=O) groups excluding carboxylic acids is 2. The molecule has 0 bridgehead atoms. The van der Waals surface area contributed by atoms with Gasteiger partial charge in [-0.3, -0.25) is 14.4 Å². The number of aromatic nitrogens is 1. The summed E-state index contributed by atoms with van der Waals surface area (Å²) >= 11 is 1.16. The van der Waals surface area contributed by atoms with Crippen molar-refractivity contribution >= 4 is 34.3 Å². The molecule has 0 saturated carbocycles. The summed E-state index contributed by atoms with van der Waals surface area (Å²) in [4.78, 5) is 37.1. The average Bonchev–Trinajstić information content (AvgIpc) is 2.87. The fraction of sp³-hybridized carbons (Fsp3) is 0.400. The Hall–Kier alpha value is -1.96. The Morgan fingerprint density at radius 1 is 1.61 bits per heavy atom. The van der Waals surface area contributed by atoms with E-state index >= 15 is 0 Å². The van der Waals surface area contributed by atoms with E-state index in [1.165, 1.54) is 0 Å². The zero-order chi connectivity index (χ0) is 13.1. The molecule has 1 saturated heterocycles. The van der Waals surface area contributed by atoms with Crippen molar-refractivity contribution in [3.05, 3.63) is 11.1 Å². The van der Waals surface area contributed by atoms with E-state index in [9.17, 15) is 14.4 Å². The van der Waals surface area contributed by atoms with Crippen molar-refractivity contribution in [3.63, 3.8) is 0 Å². The average molecular weight is 269 g/mol. The summed E-state index contributed by atoms with van der Waals surface area (Å²) in [5.74, 6) is -1.43. The maximum absolute atomic E-state index is 11.7. The molecule has 0 radical (unpaired) electrons. The number of carbonyl (C=O) groups is 3. The Labute approximate surface area is 106 Å². The molecule has 7 nitrogen and oxygen atoms in total. The lowest BCUT2D eigenvalue weighted by Crippen LogP contribution is -2.37. The first-order chi connectivity index (χ1) is 8.54. The highest BCUT2D eigenvalue weighted by Gasteiger charge is 2.27. The summed E-state index contributed by atoms with van der Waals surface area (Å²) in [6, 6.07) is -0.524. The van der Waals surface area contributed by atoms with Gasteiger partial charge in [-0.15, -0.1) is 11.3 Å². The van der Waals surface area contributed by atoms with Crippen LogP contribution in [-0.2, 0) is 20.8 Å². The predicted molar refractivity (Wildman–Crippen MR) is 63.2 cm³/mol. The van der Waals surface area contributed by atoms with E-state index in [2.05, 4.69) is 15.6 Å². The molecule has 8 heteroatoms. The fourth-order valence-corrected chi connectivity index (χ4v) is 2.32. The number of anilines is 1. The number of nitrogens with zero attached hydrogens (tertiary/aromatic N) is 1. The number of carboxylic acids is 1. The lowest BCUT2D eigenvalue weighted by Gasteiger charge is -2.08. The topological polar surface area (TPSA) is 108 Å². The summed E-state index contributed by atoms with van der Waals surface area (Å²) in [7, 11) is 0. The monoisotopic (exact) mass is 269 g/mol. The van der Waals surface area contributed by atoms with Crippen molar-refractivity contribution in [1.29, 1.82) is 0 Å². The van der Waals surface area contributed by atoms with Crippen molar-refractivity contribution in [2.24, 2.45) is 0 Å². The number of hydrogen-bond acceptors (Lipinski definition) is 5. The summed E-state index contributed by atoms with van der Waals surface area (Å²) in [6.07, 6.45) is 0.644. The summed E-state index contributed by atoms with van der Waals surface area (Å²) < 4.78 is 0. The van der Waals surface area contributed by atoms with Crippen LogP contribution >= 0.6 is 11.3 Å².